The van der Waals surface area contributed by atoms with E-state index in [1.807, 2.05) is 0 Å². The van der Waals surface area contributed by atoms with Gasteiger partial charge in [-0.3, -0.25) is 9.78 Å². The molecular weight excluding hydrogens is 466 g/mol. The molecule has 1 amide bonds. The number of nitrogens with two attached hydrogens (primary N) is 1. The van der Waals surface area contributed by atoms with Crippen LogP contribution >= 0.6 is 0 Å². The molecule has 1 saturated carbocycles. The molecular formula is C26H23N3O5S. The maximum Gasteiger partial charge on any atom is 0.252 e. The smallest absolute Gasteiger partial charge is 0.252 e. The molecule has 0 radical (unpaired) electrons. The molecule has 0 unspecified atom stereocenters. The van der Waals surface area contributed by atoms with Crippen LogP contribution in [0.5, 0.6) is 11.5 Å². The standard InChI is InChI=1S/C26H23N3O5S/c27-26(31)23-14-28-24-11-10-21(13-22(24)25(23)29-17-2-1-3-18(30)12-17)35(32,33)20-8-6-19(7-9-20)34-15-16-4-5-16/h1-3,6-14,16,30H,4-5,15H2,(H2,27,31)(H,28,29). The van der Waals surface area contributed by atoms with Gasteiger partial charge in [0.1, 0.15) is 11.5 Å². The van der Waals surface area contributed by atoms with Gasteiger partial charge in [-0.25, -0.2) is 8.42 Å². The fourth-order valence-corrected chi connectivity index (χ4v) is 5.02. The molecule has 1 aliphatic carbocycles. The molecule has 3 aromatic carbocycles. The highest BCUT2D eigenvalue weighted by molar-refractivity contribution is 7.91. The van der Waals surface area contributed by atoms with Gasteiger partial charge in [-0.15, -0.1) is 0 Å². The molecule has 1 aliphatic rings. The van der Waals surface area contributed by atoms with Gasteiger partial charge in [0, 0.05) is 23.3 Å². The minimum Gasteiger partial charge on any atom is -0.508 e. The molecule has 0 atom stereocenters. The third kappa shape index (κ3) is 4.76. The number of benzene rings is 3. The maximum atomic E-state index is 13.4. The van der Waals surface area contributed by atoms with E-state index in [0.29, 0.717) is 40.6 Å². The average Bonchev–Trinajstić information content (AvgIpc) is 3.67. The van der Waals surface area contributed by atoms with E-state index in [2.05, 4.69) is 10.3 Å². The lowest BCUT2D eigenvalue weighted by atomic mass is 10.1. The third-order valence-corrected chi connectivity index (χ3v) is 7.61. The van der Waals surface area contributed by atoms with Crippen LogP contribution in [0.25, 0.3) is 10.9 Å². The molecule has 1 aromatic heterocycles. The number of nitrogens with one attached hydrogen (secondary N) is 1. The van der Waals surface area contributed by atoms with Crippen molar-refractivity contribution in [3.05, 3.63) is 78.5 Å². The molecule has 4 aromatic rings. The summed E-state index contributed by atoms with van der Waals surface area (Å²) in [5, 5.41) is 13.3. The van der Waals surface area contributed by atoms with E-state index < -0.39 is 15.7 Å². The minimum absolute atomic E-state index is 0.0295. The molecule has 0 spiro atoms. The summed E-state index contributed by atoms with van der Waals surface area (Å²) in [5.74, 6) is 0.527. The van der Waals surface area contributed by atoms with Crippen molar-refractivity contribution in [1.82, 2.24) is 4.98 Å². The molecule has 9 heteroatoms. The van der Waals surface area contributed by atoms with Gasteiger partial charge in [0.2, 0.25) is 9.84 Å². The number of hydrogen-bond acceptors (Lipinski definition) is 7. The number of phenolic OH excluding ortho intramolecular Hbond substituents is 1. The van der Waals surface area contributed by atoms with Gasteiger partial charge < -0.3 is 20.9 Å². The molecule has 1 heterocycles. The molecule has 4 N–H and O–H groups in total. The van der Waals surface area contributed by atoms with E-state index in [-0.39, 0.29) is 21.1 Å². The molecule has 0 saturated heterocycles. The summed E-state index contributed by atoms with van der Waals surface area (Å²) >= 11 is 0. The van der Waals surface area contributed by atoms with E-state index in [1.165, 1.54) is 55.4 Å². The number of anilines is 2. The Morgan fingerprint density at radius 2 is 1.80 bits per heavy atom. The van der Waals surface area contributed by atoms with Crippen LogP contribution in [0.3, 0.4) is 0 Å². The van der Waals surface area contributed by atoms with Crippen molar-refractivity contribution in [3.8, 4) is 11.5 Å². The van der Waals surface area contributed by atoms with Crippen molar-refractivity contribution in [3.63, 3.8) is 0 Å². The number of nitrogens with zero attached hydrogens (tertiary/aromatic N) is 1. The summed E-state index contributed by atoms with van der Waals surface area (Å²) in [5.41, 5.74) is 6.93. The number of amides is 1. The number of carbonyl (C=O) groups is 1. The fraction of sp³-hybridized carbons (Fsp3) is 0.154. The minimum atomic E-state index is -3.86. The Hall–Kier alpha value is -4.11. The van der Waals surface area contributed by atoms with Crippen LogP contribution < -0.4 is 15.8 Å². The highest BCUT2D eigenvalue weighted by Gasteiger charge is 2.23. The number of fused-ring (bicyclic) bond motifs is 1. The largest absolute Gasteiger partial charge is 0.508 e. The Morgan fingerprint density at radius 3 is 2.49 bits per heavy atom. The van der Waals surface area contributed by atoms with Gasteiger partial charge in [-0.1, -0.05) is 6.07 Å². The molecule has 8 nitrogen and oxygen atoms in total. The predicted octanol–water partition coefficient (Wildman–Crippen LogP) is 4.40. The van der Waals surface area contributed by atoms with Gasteiger partial charge in [0.25, 0.3) is 5.91 Å². The lowest BCUT2D eigenvalue weighted by molar-refractivity contribution is 0.100. The fourth-order valence-electron chi connectivity index (χ4n) is 3.74. The number of pyridine rings is 1. The van der Waals surface area contributed by atoms with Gasteiger partial charge in [0.15, 0.2) is 0 Å². The monoisotopic (exact) mass is 489 g/mol. The van der Waals surface area contributed by atoms with Crippen LogP contribution in [-0.4, -0.2) is 31.0 Å². The summed E-state index contributed by atoms with van der Waals surface area (Å²) in [6.45, 7) is 0.640. The second kappa shape index (κ2) is 8.92. The van der Waals surface area contributed by atoms with Gasteiger partial charge in [-0.2, -0.15) is 0 Å². The summed E-state index contributed by atoms with van der Waals surface area (Å²) in [4.78, 5) is 16.6. The third-order valence-electron chi connectivity index (χ3n) is 5.85. The quantitative estimate of drug-likeness (QED) is 0.334. The van der Waals surface area contributed by atoms with E-state index in [4.69, 9.17) is 10.5 Å². The number of rotatable bonds is 8. The van der Waals surface area contributed by atoms with Crippen molar-refractivity contribution in [2.24, 2.45) is 11.7 Å². The SMILES string of the molecule is NC(=O)c1cnc2ccc(S(=O)(=O)c3ccc(OCC4CC4)cc3)cc2c1Nc1cccc(O)c1. The lowest BCUT2D eigenvalue weighted by Crippen LogP contribution is -2.14. The highest BCUT2D eigenvalue weighted by atomic mass is 32.2. The number of ether oxygens (including phenoxy) is 1. The number of aromatic hydroxyl groups is 1. The van der Waals surface area contributed by atoms with Crippen LogP contribution in [0.15, 0.2) is 82.7 Å². The zero-order valence-corrected chi connectivity index (χ0v) is 19.5. The second-order valence-corrected chi connectivity index (χ2v) is 10.4. The zero-order chi connectivity index (χ0) is 24.6. The summed E-state index contributed by atoms with van der Waals surface area (Å²) < 4.78 is 32.5. The first-order valence-electron chi connectivity index (χ1n) is 11.1. The molecule has 1 fully saturated rings. The van der Waals surface area contributed by atoms with Crippen molar-refractivity contribution in [1.29, 1.82) is 0 Å². The summed E-state index contributed by atoms with van der Waals surface area (Å²) in [7, 11) is -3.86. The Balaban J connectivity index is 1.54. The highest BCUT2D eigenvalue weighted by Crippen LogP contribution is 2.34. The van der Waals surface area contributed by atoms with Crippen LogP contribution in [0.2, 0.25) is 0 Å². The number of carbonyl (C=O) groups excluding carboxylic acids is 1. The Bertz CT molecular complexity index is 1530. The van der Waals surface area contributed by atoms with Gasteiger partial charge in [-0.05, 0) is 73.4 Å². The van der Waals surface area contributed by atoms with E-state index >= 15 is 0 Å². The normalized spacial score (nSPS) is 13.5. The van der Waals surface area contributed by atoms with Gasteiger partial charge in [0.05, 0.1) is 33.2 Å². The van der Waals surface area contributed by atoms with Crippen LogP contribution in [-0.2, 0) is 9.84 Å². The Kier molecular flexibility index (Phi) is 5.78. The molecule has 0 bridgehead atoms. The number of sulfone groups is 1. The van der Waals surface area contributed by atoms with Crippen molar-refractivity contribution in [2.75, 3.05) is 11.9 Å². The Labute approximate surface area is 202 Å². The van der Waals surface area contributed by atoms with Crippen LogP contribution in [0, 0.1) is 5.92 Å². The first-order chi connectivity index (χ1) is 16.8. The number of aromatic nitrogens is 1. The molecule has 5 rings (SSSR count). The van der Waals surface area contributed by atoms with Crippen molar-refractivity contribution in [2.45, 2.75) is 22.6 Å². The molecule has 178 valence electrons. The number of hydrogen-bond donors (Lipinski definition) is 3. The predicted molar refractivity (Wildman–Crippen MR) is 132 cm³/mol. The second-order valence-electron chi connectivity index (χ2n) is 8.49. The Morgan fingerprint density at radius 1 is 1.06 bits per heavy atom. The van der Waals surface area contributed by atoms with E-state index in [9.17, 15) is 18.3 Å². The van der Waals surface area contributed by atoms with Crippen molar-refractivity contribution < 1.29 is 23.1 Å². The van der Waals surface area contributed by atoms with E-state index in [0.717, 1.165) is 0 Å². The summed E-state index contributed by atoms with van der Waals surface area (Å²) in [6, 6.07) is 17.2. The van der Waals surface area contributed by atoms with E-state index in [1.54, 1.807) is 30.3 Å². The maximum absolute atomic E-state index is 13.4. The van der Waals surface area contributed by atoms with Crippen LogP contribution in [0.1, 0.15) is 23.2 Å². The topological polar surface area (TPSA) is 132 Å². The molecule has 35 heavy (non-hydrogen) atoms. The zero-order valence-electron chi connectivity index (χ0n) is 18.6. The van der Waals surface area contributed by atoms with Crippen molar-refractivity contribution >= 4 is 38.0 Å². The van der Waals surface area contributed by atoms with Crippen LogP contribution in [0.4, 0.5) is 11.4 Å². The van der Waals surface area contributed by atoms with Gasteiger partial charge >= 0.3 is 0 Å². The molecule has 0 aliphatic heterocycles. The number of primary amides is 1. The lowest BCUT2D eigenvalue weighted by Gasteiger charge is -2.14. The first kappa shape index (κ1) is 22.7. The number of phenols is 1. The first-order valence-corrected chi connectivity index (χ1v) is 12.6. The summed E-state index contributed by atoms with van der Waals surface area (Å²) in [6.07, 6.45) is 3.68. The average molecular weight is 490 g/mol.